The fourth-order valence-electron chi connectivity index (χ4n) is 3.06. The van der Waals surface area contributed by atoms with Crippen LogP contribution in [0.15, 0.2) is 72.8 Å². The Morgan fingerprint density at radius 1 is 0.964 bits per heavy atom. The Hall–Kier alpha value is -3.38. The first-order chi connectivity index (χ1) is 13.8. The monoisotopic (exact) mass is 388 g/mol. The van der Waals surface area contributed by atoms with Gasteiger partial charge in [0.2, 0.25) is 6.10 Å². The molecule has 138 valence electrons. The molecule has 0 aliphatic carbocycles. The first kappa shape index (κ1) is 16.8. The van der Waals surface area contributed by atoms with E-state index in [9.17, 15) is 4.79 Å². The molecule has 0 bridgehead atoms. The number of aromatic nitrogens is 1. The number of para-hydroxylation sites is 3. The molecule has 5 nitrogen and oxygen atoms in total. The smallest absolute Gasteiger partial charge is 0.269 e. The minimum absolute atomic E-state index is 0.187. The lowest BCUT2D eigenvalue weighted by Gasteiger charge is -2.25. The van der Waals surface area contributed by atoms with Crippen molar-refractivity contribution >= 4 is 33.1 Å². The summed E-state index contributed by atoms with van der Waals surface area (Å²) in [4.78, 5) is 17.2. The van der Waals surface area contributed by atoms with E-state index in [0.717, 1.165) is 20.8 Å². The van der Waals surface area contributed by atoms with Crippen LogP contribution in [0, 0.1) is 0 Å². The van der Waals surface area contributed by atoms with Crippen molar-refractivity contribution in [2.24, 2.45) is 0 Å². The number of amides is 1. The van der Waals surface area contributed by atoms with Gasteiger partial charge in [-0.3, -0.25) is 4.79 Å². The summed E-state index contributed by atoms with van der Waals surface area (Å²) in [5, 5.41) is 3.84. The zero-order chi connectivity index (χ0) is 18.9. The van der Waals surface area contributed by atoms with Gasteiger partial charge >= 0.3 is 0 Å². The van der Waals surface area contributed by atoms with Gasteiger partial charge in [-0.05, 0) is 48.5 Å². The van der Waals surface area contributed by atoms with E-state index in [4.69, 9.17) is 9.47 Å². The number of fused-ring (bicyclic) bond motifs is 2. The molecule has 3 aromatic carbocycles. The second-order valence-electron chi connectivity index (χ2n) is 6.42. The zero-order valence-electron chi connectivity index (χ0n) is 14.8. The number of hydrogen-bond acceptors (Lipinski definition) is 5. The molecule has 0 unspecified atom stereocenters. The van der Waals surface area contributed by atoms with Gasteiger partial charge in [0.1, 0.15) is 11.6 Å². The predicted octanol–water partition coefficient (Wildman–Crippen LogP) is 4.74. The average molecular weight is 388 g/mol. The van der Waals surface area contributed by atoms with Crippen LogP contribution in [0.2, 0.25) is 0 Å². The first-order valence-electron chi connectivity index (χ1n) is 8.92. The number of ether oxygens (including phenoxy) is 2. The molecular formula is C22H16N2O3S. The van der Waals surface area contributed by atoms with Crippen molar-refractivity contribution in [1.82, 2.24) is 4.98 Å². The van der Waals surface area contributed by atoms with Crippen molar-refractivity contribution in [2.45, 2.75) is 6.10 Å². The Balaban J connectivity index is 1.29. The van der Waals surface area contributed by atoms with Crippen LogP contribution in [0.4, 0.5) is 5.69 Å². The van der Waals surface area contributed by atoms with Crippen LogP contribution >= 0.6 is 11.3 Å². The van der Waals surface area contributed by atoms with Gasteiger partial charge in [-0.15, -0.1) is 11.3 Å². The standard InChI is InChI=1S/C22H16N2O3S/c25-21(19-13-26-17-6-2-3-7-18(17)27-19)23-15-11-9-14(10-12-15)22-24-16-5-1-4-8-20(16)28-22/h1-12,19H,13H2,(H,23,25)/t19-/m0/s1. The zero-order valence-corrected chi connectivity index (χ0v) is 15.6. The fourth-order valence-corrected chi connectivity index (χ4v) is 4.03. The lowest BCUT2D eigenvalue weighted by Crippen LogP contribution is -2.40. The number of thiazole rings is 1. The molecule has 1 aliphatic heterocycles. The Morgan fingerprint density at radius 3 is 2.54 bits per heavy atom. The van der Waals surface area contributed by atoms with Gasteiger partial charge in [0.25, 0.3) is 5.91 Å². The number of rotatable bonds is 3. The minimum atomic E-state index is -0.682. The normalized spacial score (nSPS) is 15.4. The highest BCUT2D eigenvalue weighted by Gasteiger charge is 2.27. The molecule has 1 amide bonds. The minimum Gasteiger partial charge on any atom is -0.485 e. The highest BCUT2D eigenvalue weighted by atomic mass is 32.1. The SMILES string of the molecule is O=C(Nc1ccc(-c2nc3ccccc3s2)cc1)[C@@H]1COc2ccccc2O1. The Morgan fingerprint density at radius 2 is 1.71 bits per heavy atom. The Kier molecular flexibility index (Phi) is 4.18. The molecule has 0 spiro atoms. The molecule has 0 saturated carbocycles. The van der Waals surface area contributed by atoms with Crippen LogP contribution in [0.3, 0.4) is 0 Å². The van der Waals surface area contributed by atoms with Crippen molar-refractivity contribution in [3.05, 3.63) is 72.8 Å². The van der Waals surface area contributed by atoms with Gasteiger partial charge in [0.15, 0.2) is 11.5 Å². The molecule has 1 atom stereocenters. The van der Waals surface area contributed by atoms with Crippen molar-refractivity contribution in [1.29, 1.82) is 0 Å². The molecule has 5 rings (SSSR count). The molecule has 1 aliphatic rings. The van der Waals surface area contributed by atoms with E-state index in [1.165, 1.54) is 0 Å². The summed E-state index contributed by atoms with van der Waals surface area (Å²) in [6.45, 7) is 0.187. The molecule has 0 fully saturated rings. The van der Waals surface area contributed by atoms with Gasteiger partial charge in [0.05, 0.1) is 10.2 Å². The van der Waals surface area contributed by atoms with Crippen molar-refractivity contribution in [3.63, 3.8) is 0 Å². The van der Waals surface area contributed by atoms with Crippen molar-refractivity contribution < 1.29 is 14.3 Å². The molecule has 2 heterocycles. The number of carbonyl (C=O) groups excluding carboxylic acids is 1. The van der Waals surface area contributed by atoms with Crippen molar-refractivity contribution in [2.75, 3.05) is 11.9 Å². The number of nitrogens with zero attached hydrogens (tertiary/aromatic N) is 1. The number of carbonyl (C=O) groups is 1. The molecule has 0 saturated heterocycles. The van der Waals surface area contributed by atoms with Crippen LogP contribution in [-0.2, 0) is 4.79 Å². The molecule has 1 aromatic heterocycles. The predicted molar refractivity (Wildman–Crippen MR) is 110 cm³/mol. The fraction of sp³-hybridized carbons (Fsp3) is 0.0909. The van der Waals surface area contributed by atoms with Crippen LogP contribution in [0.25, 0.3) is 20.8 Å². The lowest BCUT2D eigenvalue weighted by molar-refractivity contribution is -0.125. The third-order valence-electron chi connectivity index (χ3n) is 4.49. The topological polar surface area (TPSA) is 60.5 Å². The van der Waals surface area contributed by atoms with E-state index in [2.05, 4.69) is 16.4 Å². The number of nitrogens with one attached hydrogen (secondary N) is 1. The van der Waals surface area contributed by atoms with Gasteiger partial charge in [-0.25, -0.2) is 4.98 Å². The summed E-state index contributed by atoms with van der Waals surface area (Å²) in [7, 11) is 0. The molecule has 1 N–H and O–H groups in total. The summed E-state index contributed by atoms with van der Waals surface area (Å²) < 4.78 is 12.5. The number of benzene rings is 3. The number of hydrogen-bond donors (Lipinski definition) is 1. The summed E-state index contributed by atoms with van der Waals surface area (Å²) >= 11 is 1.65. The van der Waals surface area contributed by atoms with E-state index < -0.39 is 6.10 Å². The van der Waals surface area contributed by atoms with Crippen molar-refractivity contribution in [3.8, 4) is 22.1 Å². The van der Waals surface area contributed by atoms with Crippen LogP contribution < -0.4 is 14.8 Å². The number of anilines is 1. The third-order valence-corrected chi connectivity index (χ3v) is 5.58. The summed E-state index contributed by atoms with van der Waals surface area (Å²) in [6.07, 6.45) is -0.682. The maximum atomic E-state index is 12.5. The van der Waals surface area contributed by atoms with E-state index in [1.54, 1.807) is 17.4 Å². The van der Waals surface area contributed by atoms with Crippen LogP contribution in [0.1, 0.15) is 0 Å². The highest BCUT2D eigenvalue weighted by Crippen LogP contribution is 2.32. The van der Waals surface area contributed by atoms with Crippen LogP contribution in [-0.4, -0.2) is 23.6 Å². The molecule has 28 heavy (non-hydrogen) atoms. The lowest BCUT2D eigenvalue weighted by atomic mass is 10.2. The molecule has 0 radical (unpaired) electrons. The van der Waals surface area contributed by atoms with Gasteiger partial charge in [-0.1, -0.05) is 24.3 Å². The second-order valence-corrected chi connectivity index (χ2v) is 7.45. The maximum Gasteiger partial charge on any atom is 0.269 e. The van der Waals surface area contributed by atoms with E-state index in [-0.39, 0.29) is 12.5 Å². The Labute approximate surface area is 165 Å². The molecular weight excluding hydrogens is 372 g/mol. The van der Waals surface area contributed by atoms with E-state index >= 15 is 0 Å². The van der Waals surface area contributed by atoms with Crippen LogP contribution in [0.5, 0.6) is 11.5 Å². The molecule has 6 heteroatoms. The van der Waals surface area contributed by atoms with Gasteiger partial charge < -0.3 is 14.8 Å². The second kappa shape index (κ2) is 6.98. The largest absolute Gasteiger partial charge is 0.485 e. The molecule has 4 aromatic rings. The highest BCUT2D eigenvalue weighted by molar-refractivity contribution is 7.21. The Bertz CT molecular complexity index is 1120. The van der Waals surface area contributed by atoms with Gasteiger partial charge in [-0.2, -0.15) is 0 Å². The van der Waals surface area contributed by atoms with E-state index in [0.29, 0.717) is 17.2 Å². The summed E-state index contributed by atoms with van der Waals surface area (Å²) in [6, 6.07) is 23.1. The average Bonchev–Trinajstić information content (AvgIpc) is 3.18. The third kappa shape index (κ3) is 3.18. The first-order valence-corrected chi connectivity index (χ1v) is 9.73. The summed E-state index contributed by atoms with van der Waals surface area (Å²) in [5.74, 6) is 1.01. The maximum absolute atomic E-state index is 12.5. The quantitative estimate of drug-likeness (QED) is 0.551. The van der Waals surface area contributed by atoms with E-state index in [1.807, 2.05) is 60.7 Å². The summed E-state index contributed by atoms with van der Waals surface area (Å²) in [5.41, 5.74) is 2.72. The van der Waals surface area contributed by atoms with Gasteiger partial charge in [0, 0.05) is 11.3 Å².